The third-order valence-electron chi connectivity index (χ3n) is 7.41. The summed E-state index contributed by atoms with van der Waals surface area (Å²) < 4.78 is 26.8. The molecule has 0 atom stereocenters. The minimum absolute atomic E-state index is 0.322. The van der Waals surface area contributed by atoms with Crippen LogP contribution in [-0.4, -0.2) is 45.2 Å². The summed E-state index contributed by atoms with van der Waals surface area (Å²) in [6, 6.07) is 22.1. The molecule has 0 bridgehead atoms. The number of pyridine rings is 1. The molecule has 6 rings (SSSR count). The number of thiophene rings is 1. The number of aromatic nitrogens is 1. The molecule has 44 heavy (non-hydrogen) atoms. The van der Waals surface area contributed by atoms with E-state index < -0.39 is 0 Å². The predicted molar refractivity (Wildman–Crippen MR) is 178 cm³/mol. The number of allylic oxidation sites excluding steroid dienone is 1. The molecule has 5 aromatic rings. The molecule has 0 amide bonds. The number of halogens is 1. The Bertz CT molecular complexity index is 1760. The molecule has 6 nitrogen and oxygen atoms in total. The van der Waals surface area contributed by atoms with Gasteiger partial charge in [0.1, 0.15) is 24.5 Å². The predicted octanol–water partition coefficient (Wildman–Crippen LogP) is 7.20. The Labute approximate surface area is 261 Å². The topological polar surface area (TPSA) is 72.5 Å². The van der Waals surface area contributed by atoms with E-state index in [0.717, 1.165) is 75.3 Å². The highest BCUT2D eigenvalue weighted by Gasteiger charge is 2.23. The number of methoxy groups -OCH3 is 1. The van der Waals surface area contributed by atoms with Crippen LogP contribution in [0.4, 0.5) is 4.39 Å². The smallest absolute Gasteiger partial charge is 0.142 e. The number of fused-ring (bicyclic) bond motifs is 2. The Morgan fingerprint density at radius 3 is 2.68 bits per heavy atom. The number of aldehydes is 1. The molecule has 2 N–H and O–H groups in total. The van der Waals surface area contributed by atoms with Crippen molar-refractivity contribution in [2.45, 2.75) is 19.5 Å². The summed E-state index contributed by atoms with van der Waals surface area (Å²) in [5, 5.41) is 9.90. The summed E-state index contributed by atoms with van der Waals surface area (Å²) >= 11 is 1.67. The van der Waals surface area contributed by atoms with E-state index in [1.807, 2.05) is 7.05 Å². The van der Waals surface area contributed by atoms with E-state index in [9.17, 15) is 4.39 Å². The van der Waals surface area contributed by atoms with Crippen molar-refractivity contribution >= 4 is 27.7 Å². The van der Waals surface area contributed by atoms with Crippen LogP contribution in [-0.2, 0) is 29.0 Å². The molecule has 0 saturated carbocycles. The first kappa shape index (κ1) is 31.2. The van der Waals surface area contributed by atoms with Gasteiger partial charge in [0.25, 0.3) is 0 Å². The molecule has 0 fully saturated rings. The molecule has 0 radical (unpaired) electrons. The molecule has 3 heterocycles. The van der Waals surface area contributed by atoms with Crippen molar-refractivity contribution in [1.29, 1.82) is 0 Å². The number of rotatable bonds is 10. The van der Waals surface area contributed by atoms with Gasteiger partial charge in [-0.1, -0.05) is 36.9 Å². The lowest BCUT2D eigenvalue weighted by molar-refractivity contribution is -0.104. The molecule has 0 saturated heterocycles. The van der Waals surface area contributed by atoms with Crippen LogP contribution >= 0.6 is 11.3 Å². The zero-order chi connectivity index (χ0) is 30.9. The third kappa shape index (κ3) is 6.95. The standard InChI is InChI=1S/C33H32FN3O2S.C3H4O/c1-35-19-21-4-3-5-23(16-21)32-30(27-9-8-26(34)18-29(27)39-14-13-38-2)33-28(11-15-40-33)31(37-32)24-6-7-25-20-36-12-10-22(25)17-24;1-2-3-4/h3-9,11,15-18,35-36H,10,12-14,19-20H2,1-2H3;2-3H,1H2. The summed E-state index contributed by atoms with van der Waals surface area (Å²) in [6.07, 6.45) is 2.84. The second kappa shape index (κ2) is 15.0. The lowest BCUT2D eigenvalue weighted by Crippen LogP contribution is -2.23. The first-order chi connectivity index (χ1) is 21.6. The van der Waals surface area contributed by atoms with Gasteiger partial charge in [0.2, 0.25) is 0 Å². The lowest BCUT2D eigenvalue weighted by Gasteiger charge is -2.20. The van der Waals surface area contributed by atoms with Gasteiger partial charge in [-0.3, -0.25) is 4.79 Å². The van der Waals surface area contributed by atoms with E-state index in [1.54, 1.807) is 24.5 Å². The molecular weight excluding hydrogens is 573 g/mol. The van der Waals surface area contributed by atoms with Crippen molar-refractivity contribution in [2.24, 2.45) is 0 Å². The van der Waals surface area contributed by atoms with Gasteiger partial charge in [-0.2, -0.15) is 0 Å². The highest BCUT2D eigenvalue weighted by Crippen LogP contribution is 2.46. The second-order valence-electron chi connectivity index (χ2n) is 10.3. The number of nitrogens with one attached hydrogen (secondary N) is 2. The zero-order valence-corrected chi connectivity index (χ0v) is 25.8. The van der Waals surface area contributed by atoms with Gasteiger partial charge in [-0.05, 0) is 78.5 Å². The normalized spacial score (nSPS) is 12.2. The van der Waals surface area contributed by atoms with Crippen LogP contribution in [0.15, 0.2) is 84.8 Å². The first-order valence-corrected chi connectivity index (χ1v) is 15.4. The lowest BCUT2D eigenvalue weighted by atomic mass is 9.93. The van der Waals surface area contributed by atoms with Crippen molar-refractivity contribution in [1.82, 2.24) is 15.6 Å². The Hall–Kier alpha value is -4.21. The van der Waals surface area contributed by atoms with Crippen molar-refractivity contribution in [3.63, 3.8) is 0 Å². The maximum Gasteiger partial charge on any atom is 0.142 e. The Kier molecular flexibility index (Phi) is 10.6. The molecule has 1 aliphatic heterocycles. The highest BCUT2D eigenvalue weighted by molar-refractivity contribution is 7.18. The fourth-order valence-electron chi connectivity index (χ4n) is 5.42. The summed E-state index contributed by atoms with van der Waals surface area (Å²) in [4.78, 5) is 14.5. The van der Waals surface area contributed by atoms with Gasteiger partial charge in [-0.15, -0.1) is 11.3 Å². The van der Waals surface area contributed by atoms with Gasteiger partial charge in [0.15, 0.2) is 0 Å². The maximum atomic E-state index is 14.5. The van der Waals surface area contributed by atoms with Gasteiger partial charge < -0.3 is 20.1 Å². The van der Waals surface area contributed by atoms with Crippen molar-refractivity contribution in [3.8, 4) is 39.4 Å². The number of hydrogen-bond donors (Lipinski definition) is 2. The number of ether oxygens (including phenoxy) is 2. The number of benzene rings is 3. The fourth-order valence-corrected chi connectivity index (χ4v) is 6.37. The van der Waals surface area contributed by atoms with Crippen LogP contribution in [0, 0.1) is 5.82 Å². The number of hydrogen-bond acceptors (Lipinski definition) is 7. The SMILES string of the molecule is C=CC=O.CNCc1cccc(-c2nc(-c3ccc4c(c3)CCNC4)c3ccsc3c2-c2ccc(F)cc2OCCOC)c1. The molecule has 3 aromatic carbocycles. The molecule has 2 aromatic heterocycles. The van der Waals surface area contributed by atoms with E-state index in [4.69, 9.17) is 19.3 Å². The van der Waals surface area contributed by atoms with E-state index in [0.29, 0.717) is 25.2 Å². The van der Waals surface area contributed by atoms with Gasteiger partial charge in [-0.25, -0.2) is 9.37 Å². The average Bonchev–Trinajstić information content (AvgIpc) is 3.55. The molecule has 1 aliphatic rings. The van der Waals surface area contributed by atoms with Crippen LogP contribution in [0.25, 0.3) is 43.7 Å². The molecule has 0 spiro atoms. The number of carbonyl (C=O) groups excluding carboxylic acids is 1. The molecule has 0 unspecified atom stereocenters. The van der Waals surface area contributed by atoms with Crippen LogP contribution in [0.3, 0.4) is 0 Å². The van der Waals surface area contributed by atoms with E-state index >= 15 is 0 Å². The first-order valence-electron chi connectivity index (χ1n) is 14.5. The van der Waals surface area contributed by atoms with Gasteiger partial charge >= 0.3 is 0 Å². The molecular formula is C36H36FN3O3S. The number of nitrogens with zero attached hydrogens (tertiary/aromatic N) is 1. The van der Waals surface area contributed by atoms with E-state index in [-0.39, 0.29) is 5.82 Å². The van der Waals surface area contributed by atoms with Gasteiger partial charge in [0, 0.05) is 58.6 Å². The monoisotopic (exact) mass is 609 g/mol. The van der Waals surface area contributed by atoms with E-state index in [2.05, 4.69) is 71.1 Å². The molecule has 226 valence electrons. The van der Waals surface area contributed by atoms with Crippen LogP contribution in [0.1, 0.15) is 16.7 Å². The summed E-state index contributed by atoms with van der Waals surface area (Å²) in [5.74, 6) is 0.138. The minimum Gasteiger partial charge on any atom is -0.490 e. The van der Waals surface area contributed by atoms with Crippen molar-refractivity contribution in [2.75, 3.05) is 33.9 Å². The summed E-state index contributed by atoms with van der Waals surface area (Å²) in [6.45, 7) is 6.47. The second-order valence-corrected chi connectivity index (χ2v) is 11.3. The zero-order valence-electron chi connectivity index (χ0n) is 25.0. The maximum absolute atomic E-state index is 14.5. The fraction of sp³-hybridized carbons (Fsp3) is 0.222. The van der Waals surface area contributed by atoms with Crippen LogP contribution < -0.4 is 15.4 Å². The number of carbonyl (C=O) groups is 1. The average molecular weight is 610 g/mol. The van der Waals surface area contributed by atoms with E-state index in [1.165, 1.54) is 29.3 Å². The van der Waals surface area contributed by atoms with Crippen LogP contribution in [0.2, 0.25) is 0 Å². The van der Waals surface area contributed by atoms with Crippen LogP contribution in [0.5, 0.6) is 5.75 Å². The summed E-state index contributed by atoms with van der Waals surface area (Å²) in [5.41, 5.74) is 9.57. The quantitative estimate of drug-likeness (QED) is 0.0992. The summed E-state index contributed by atoms with van der Waals surface area (Å²) in [7, 11) is 3.57. The Morgan fingerprint density at radius 1 is 1.05 bits per heavy atom. The Balaban J connectivity index is 0.000000906. The van der Waals surface area contributed by atoms with Crippen molar-refractivity contribution < 1.29 is 18.7 Å². The Morgan fingerprint density at radius 2 is 1.89 bits per heavy atom. The van der Waals surface area contributed by atoms with Crippen molar-refractivity contribution in [3.05, 3.63) is 107 Å². The van der Waals surface area contributed by atoms with Gasteiger partial charge in [0.05, 0.1) is 18.0 Å². The minimum atomic E-state index is -0.343. The molecule has 8 heteroatoms. The highest BCUT2D eigenvalue weighted by atomic mass is 32.1. The third-order valence-corrected chi connectivity index (χ3v) is 8.34. The largest absolute Gasteiger partial charge is 0.490 e. The molecule has 0 aliphatic carbocycles.